The SMILES string of the molecule is CN(C(=O)c1cccc(F)c1)[C@H]1CC[C@@]2(CCO)C[C@H](c3ccccc3)C[C@](C)(O2)[C@@H]1O. The van der Waals surface area contributed by atoms with E-state index in [0.29, 0.717) is 25.7 Å². The molecule has 1 amide bonds. The highest BCUT2D eigenvalue weighted by molar-refractivity contribution is 5.94. The van der Waals surface area contributed by atoms with Crippen LogP contribution in [0.5, 0.6) is 0 Å². The number of aliphatic hydroxyl groups excluding tert-OH is 2. The van der Waals surface area contributed by atoms with Crippen molar-refractivity contribution in [2.24, 2.45) is 0 Å². The van der Waals surface area contributed by atoms with E-state index in [1.54, 1.807) is 13.1 Å². The number of nitrogens with zero attached hydrogens (tertiary/aromatic N) is 1. The topological polar surface area (TPSA) is 70.0 Å². The summed E-state index contributed by atoms with van der Waals surface area (Å²) in [7, 11) is 1.66. The van der Waals surface area contributed by atoms with Gasteiger partial charge in [-0.25, -0.2) is 4.39 Å². The van der Waals surface area contributed by atoms with Crippen molar-refractivity contribution in [3.63, 3.8) is 0 Å². The van der Waals surface area contributed by atoms with Crippen LogP contribution in [-0.2, 0) is 4.74 Å². The van der Waals surface area contributed by atoms with Gasteiger partial charge < -0.3 is 19.8 Å². The summed E-state index contributed by atoms with van der Waals surface area (Å²) in [4.78, 5) is 14.6. The Morgan fingerprint density at radius 3 is 2.62 bits per heavy atom. The van der Waals surface area contributed by atoms with Crippen LogP contribution in [0.3, 0.4) is 0 Å². The van der Waals surface area contributed by atoms with Gasteiger partial charge in [0.25, 0.3) is 5.91 Å². The third kappa shape index (κ3) is 4.32. The molecular weight excluding hydrogens is 409 g/mol. The molecule has 2 aliphatic rings. The number of likely N-dealkylation sites (N-methyl/N-ethyl adjacent to an activating group) is 1. The quantitative estimate of drug-likeness (QED) is 0.739. The number of rotatable bonds is 5. The molecule has 2 aliphatic heterocycles. The minimum absolute atomic E-state index is 0.00356. The molecule has 2 N–H and O–H groups in total. The van der Waals surface area contributed by atoms with Crippen molar-refractivity contribution in [2.75, 3.05) is 13.7 Å². The first-order valence-electron chi connectivity index (χ1n) is 11.3. The molecule has 0 unspecified atom stereocenters. The Morgan fingerprint density at radius 2 is 1.94 bits per heavy atom. The normalized spacial score (nSPS) is 32.2. The van der Waals surface area contributed by atoms with Gasteiger partial charge >= 0.3 is 0 Å². The number of halogens is 1. The van der Waals surface area contributed by atoms with Crippen LogP contribution in [0.15, 0.2) is 54.6 Å². The second-order valence-electron chi connectivity index (χ2n) is 9.56. The molecule has 6 heteroatoms. The first kappa shape index (κ1) is 22.9. The van der Waals surface area contributed by atoms with Gasteiger partial charge in [0, 0.05) is 19.2 Å². The van der Waals surface area contributed by atoms with Crippen molar-refractivity contribution in [2.45, 2.75) is 68.3 Å². The Bertz CT molecular complexity index is 954. The zero-order valence-corrected chi connectivity index (χ0v) is 18.7. The fourth-order valence-corrected chi connectivity index (χ4v) is 5.72. The van der Waals surface area contributed by atoms with Gasteiger partial charge in [0.05, 0.1) is 17.2 Å². The highest BCUT2D eigenvalue weighted by atomic mass is 19.1. The van der Waals surface area contributed by atoms with E-state index >= 15 is 0 Å². The Kier molecular flexibility index (Phi) is 6.39. The number of amides is 1. The zero-order chi connectivity index (χ0) is 22.9. The van der Waals surface area contributed by atoms with E-state index in [2.05, 4.69) is 12.1 Å². The number of hydrogen-bond donors (Lipinski definition) is 2. The number of carbonyl (C=O) groups excluding carboxylic acids is 1. The Morgan fingerprint density at radius 1 is 1.19 bits per heavy atom. The summed E-state index contributed by atoms with van der Waals surface area (Å²) in [5.41, 5.74) is -0.00356. The second kappa shape index (κ2) is 8.93. The lowest BCUT2D eigenvalue weighted by molar-refractivity contribution is -0.225. The molecule has 172 valence electrons. The summed E-state index contributed by atoms with van der Waals surface area (Å²) in [6.07, 6.45) is 2.09. The second-order valence-corrected chi connectivity index (χ2v) is 9.56. The summed E-state index contributed by atoms with van der Waals surface area (Å²) in [6, 6.07) is 15.3. The first-order chi connectivity index (χ1) is 15.3. The minimum atomic E-state index is -0.919. The Balaban J connectivity index is 1.66. The van der Waals surface area contributed by atoms with Gasteiger partial charge in [-0.05, 0) is 68.7 Å². The van der Waals surface area contributed by atoms with Gasteiger partial charge in [-0.1, -0.05) is 36.4 Å². The van der Waals surface area contributed by atoms with E-state index in [-0.39, 0.29) is 24.0 Å². The van der Waals surface area contributed by atoms with Crippen LogP contribution >= 0.6 is 0 Å². The van der Waals surface area contributed by atoms with Crippen LogP contribution in [0.1, 0.15) is 60.9 Å². The van der Waals surface area contributed by atoms with Gasteiger partial charge in [-0.15, -0.1) is 0 Å². The summed E-state index contributed by atoms with van der Waals surface area (Å²) in [5.74, 6) is -0.618. The van der Waals surface area contributed by atoms with Crippen molar-refractivity contribution < 1.29 is 24.1 Å². The molecule has 2 aromatic carbocycles. The molecule has 2 aromatic rings. The van der Waals surface area contributed by atoms with Crippen LogP contribution in [0.2, 0.25) is 0 Å². The molecule has 0 radical (unpaired) electrons. The van der Waals surface area contributed by atoms with Crippen LogP contribution in [0.4, 0.5) is 4.39 Å². The molecule has 0 saturated carbocycles. The van der Waals surface area contributed by atoms with E-state index < -0.39 is 29.2 Å². The molecule has 2 bridgehead atoms. The number of carbonyl (C=O) groups is 1. The summed E-state index contributed by atoms with van der Waals surface area (Å²) < 4.78 is 20.3. The van der Waals surface area contributed by atoms with E-state index in [9.17, 15) is 19.4 Å². The number of benzene rings is 2. The molecule has 5 nitrogen and oxygen atoms in total. The predicted octanol–water partition coefficient (Wildman–Crippen LogP) is 3.90. The Hall–Kier alpha value is -2.28. The van der Waals surface area contributed by atoms with Gasteiger partial charge in [0.2, 0.25) is 0 Å². The van der Waals surface area contributed by atoms with E-state index in [4.69, 9.17) is 4.74 Å². The number of ether oxygens (including phenoxy) is 1. The van der Waals surface area contributed by atoms with Gasteiger partial charge in [-0.3, -0.25) is 4.79 Å². The van der Waals surface area contributed by atoms with E-state index in [1.165, 1.54) is 28.7 Å². The molecular formula is C26H32FNO4. The molecule has 2 fully saturated rings. The van der Waals surface area contributed by atoms with Gasteiger partial charge in [-0.2, -0.15) is 0 Å². The maximum absolute atomic E-state index is 13.7. The minimum Gasteiger partial charge on any atom is -0.396 e. The van der Waals surface area contributed by atoms with Crippen molar-refractivity contribution >= 4 is 5.91 Å². The Labute approximate surface area is 188 Å². The lowest BCUT2D eigenvalue weighted by Gasteiger charge is -2.50. The molecule has 2 heterocycles. The van der Waals surface area contributed by atoms with Gasteiger partial charge in [0.15, 0.2) is 0 Å². The van der Waals surface area contributed by atoms with Crippen LogP contribution in [0.25, 0.3) is 0 Å². The molecule has 0 aromatic heterocycles. The highest BCUT2D eigenvalue weighted by Crippen LogP contribution is 2.51. The molecule has 32 heavy (non-hydrogen) atoms. The van der Waals surface area contributed by atoms with E-state index in [0.717, 1.165) is 6.42 Å². The largest absolute Gasteiger partial charge is 0.396 e. The van der Waals surface area contributed by atoms with Gasteiger partial charge in [0.1, 0.15) is 11.9 Å². The predicted molar refractivity (Wildman–Crippen MR) is 120 cm³/mol. The monoisotopic (exact) mass is 441 g/mol. The van der Waals surface area contributed by atoms with Crippen LogP contribution in [-0.4, -0.2) is 58.0 Å². The van der Waals surface area contributed by atoms with Crippen molar-refractivity contribution in [1.29, 1.82) is 0 Å². The molecule has 0 spiro atoms. The summed E-state index contributed by atoms with van der Waals surface area (Å²) >= 11 is 0. The van der Waals surface area contributed by atoms with Crippen LogP contribution in [0, 0.1) is 5.82 Å². The molecule has 2 saturated heterocycles. The van der Waals surface area contributed by atoms with Crippen molar-refractivity contribution in [3.05, 3.63) is 71.5 Å². The van der Waals surface area contributed by atoms with Crippen LogP contribution < -0.4 is 0 Å². The number of fused-ring (bicyclic) bond motifs is 2. The summed E-state index contributed by atoms with van der Waals surface area (Å²) in [6.45, 7) is 1.91. The maximum Gasteiger partial charge on any atom is 0.254 e. The number of hydrogen-bond acceptors (Lipinski definition) is 4. The smallest absolute Gasteiger partial charge is 0.254 e. The molecule has 4 rings (SSSR count). The number of aliphatic hydroxyl groups is 2. The summed E-state index contributed by atoms with van der Waals surface area (Å²) in [5, 5.41) is 21.4. The third-order valence-electron chi connectivity index (χ3n) is 7.33. The standard InChI is InChI=1S/C26H32FNO4/c1-25-16-20(18-7-4-3-5-8-18)17-26(32-25,13-14-29)12-11-22(23(25)30)28(2)24(31)19-9-6-10-21(27)15-19/h3-10,15,20,22-23,29-30H,11-14,16-17H2,1-2H3/t20-,22+,23-,25+,26-/m1/s1. The first-order valence-corrected chi connectivity index (χ1v) is 11.3. The maximum atomic E-state index is 13.7. The average Bonchev–Trinajstić information content (AvgIpc) is 2.85. The fourth-order valence-electron chi connectivity index (χ4n) is 5.72. The van der Waals surface area contributed by atoms with Crippen molar-refractivity contribution in [1.82, 2.24) is 4.90 Å². The van der Waals surface area contributed by atoms with Crippen molar-refractivity contribution in [3.8, 4) is 0 Å². The lowest BCUT2D eigenvalue weighted by Crippen LogP contribution is -2.58. The molecule has 0 aliphatic carbocycles. The fraction of sp³-hybridized carbons (Fsp3) is 0.500. The highest BCUT2D eigenvalue weighted by Gasteiger charge is 2.55. The average molecular weight is 442 g/mol. The lowest BCUT2D eigenvalue weighted by atomic mass is 9.73. The van der Waals surface area contributed by atoms with E-state index in [1.807, 2.05) is 25.1 Å². The zero-order valence-electron chi connectivity index (χ0n) is 18.7. The third-order valence-corrected chi connectivity index (χ3v) is 7.33. The molecule has 5 atom stereocenters.